The quantitative estimate of drug-likeness (QED) is 0.137. The summed E-state index contributed by atoms with van der Waals surface area (Å²) >= 11 is 0. The van der Waals surface area contributed by atoms with E-state index < -0.39 is 28.2 Å². The third-order valence-corrected chi connectivity index (χ3v) is 23.5. The zero-order chi connectivity index (χ0) is 34.9. The van der Waals surface area contributed by atoms with E-state index in [1.165, 1.54) is 0 Å². The fraction of sp³-hybridized carbons (Fsp3) is 0.944. The first-order valence-electron chi connectivity index (χ1n) is 18.2. The smallest absolute Gasteiger partial charge is 0.314 e. The van der Waals surface area contributed by atoms with E-state index in [0.29, 0.717) is 59.3 Å². The predicted molar refractivity (Wildman–Crippen MR) is 190 cm³/mol. The Morgan fingerprint density at radius 2 is 1.09 bits per heavy atom. The molecule has 0 aromatic rings. The Labute approximate surface area is 279 Å². The number of hydrogen-bond acceptors (Lipinski definition) is 7. The maximum absolute atomic E-state index is 12.5. The van der Waals surface area contributed by atoms with Gasteiger partial charge in [-0.05, 0) is 92.5 Å². The van der Waals surface area contributed by atoms with Gasteiger partial charge in [0.1, 0.15) is 0 Å². The summed E-state index contributed by atoms with van der Waals surface area (Å²) in [7, 11) is -3.80. The highest BCUT2D eigenvalue weighted by Gasteiger charge is 2.54. The van der Waals surface area contributed by atoms with Crippen LogP contribution in [0.15, 0.2) is 0 Å². The van der Waals surface area contributed by atoms with Crippen LogP contribution in [-0.2, 0) is 27.9 Å². The highest BCUT2D eigenvalue weighted by atomic mass is 28.4. The average Bonchev–Trinajstić information content (AvgIpc) is 3.58. The van der Waals surface area contributed by atoms with Gasteiger partial charge in [0.2, 0.25) is 16.6 Å². The van der Waals surface area contributed by atoms with Crippen LogP contribution in [0.25, 0.3) is 0 Å². The Kier molecular flexibility index (Phi) is 17.0. The van der Waals surface area contributed by atoms with Gasteiger partial charge in [0.15, 0.2) is 0 Å². The van der Waals surface area contributed by atoms with Gasteiger partial charge in [0, 0.05) is 12.2 Å². The molecule has 0 saturated heterocycles. The number of hydrogen-bond donors (Lipinski definition) is 1. The summed E-state index contributed by atoms with van der Waals surface area (Å²) < 4.78 is 24.0. The maximum Gasteiger partial charge on any atom is 0.314 e. The van der Waals surface area contributed by atoms with Gasteiger partial charge in [-0.1, -0.05) is 83.1 Å². The second-order valence-corrected chi connectivity index (χ2v) is 26.5. The number of aliphatic hydroxyl groups excluding tert-OH is 1. The molecule has 2 fully saturated rings. The SMILES string of the molecule is CCOC(=O)C1(C(C)O)CCC(O[Si](C(C)C)(C(C)C)C(C)C)C1.CCOC(=O)C1CCC(O[Si](C(C)C)(C(C)C)C(C)C)C1. The van der Waals surface area contributed by atoms with Crippen molar-refractivity contribution in [3.05, 3.63) is 0 Å². The summed E-state index contributed by atoms with van der Waals surface area (Å²) in [6.45, 7) is 33.7. The van der Waals surface area contributed by atoms with Crippen molar-refractivity contribution in [3.8, 4) is 0 Å². The van der Waals surface area contributed by atoms with Crippen molar-refractivity contribution >= 4 is 28.6 Å². The molecule has 0 radical (unpaired) electrons. The molecular formula is C36H72O7Si2. The molecule has 2 aliphatic rings. The molecule has 5 atom stereocenters. The van der Waals surface area contributed by atoms with Crippen LogP contribution in [0.4, 0.5) is 0 Å². The molecule has 0 amide bonds. The van der Waals surface area contributed by atoms with Crippen molar-refractivity contribution in [1.82, 2.24) is 0 Å². The van der Waals surface area contributed by atoms with Gasteiger partial charge in [0.05, 0.1) is 30.7 Å². The van der Waals surface area contributed by atoms with Crippen LogP contribution in [0.5, 0.6) is 0 Å². The molecule has 1 N–H and O–H groups in total. The second-order valence-electron chi connectivity index (χ2n) is 15.7. The summed E-state index contributed by atoms with van der Waals surface area (Å²) in [5.74, 6) is -0.250. The molecule has 266 valence electrons. The van der Waals surface area contributed by atoms with E-state index in [1.54, 1.807) is 6.92 Å². The van der Waals surface area contributed by atoms with Crippen molar-refractivity contribution < 1.29 is 33.0 Å². The Bertz CT molecular complexity index is 858. The van der Waals surface area contributed by atoms with Crippen LogP contribution >= 0.6 is 0 Å². The molecule has 2 rings (SSSR count). The summed E-state index contributed by atoms with van der Waals surface area (Å²) in [5, 5.41) is 10.3. The van der Waals surface area contributed by atoms with Gasteiger partial charge in [0.25, 0.3) is 0 Å². The minimum atomic E-state index is -1.98. The molecular weight excluding hydrogens is 601 g/mol. The molecule has 45 heavy (non-hydrogen) atoms. The largest absolute Gasteiger partial charge is 0.466 e. The number of carbonyl (C=O) groups excluding carboxylic acids is 2. The molecule has 5 unspecified atom stereocenters. The van der Waals surface area contributed by atoms with Crippen LogP contribution in [-0.4, -0.2) is 65.2 Å². The third-order valence-electron chi connectivity index (χ3n) is 11.1. The van der Waals surface area contributed by atoms with E-state index in [9.17, 15) is 14.7 Å². The Hall–Kier alpha value is -0.746. The van der Waals surface area contributed by atoms with E-state index >= 15 is 0 Å². The third kappa shape index (κ3) is 9.67. The lowest BCUT2D eigenvalue weighted by atomic mass is 9.81. The maximum atomic E-state index is 12.5. The van der Waals surface area contributed by atoms with Crippen molar-refractivity contribution in [3.63, 3.8) is 0 Å². The first kappa shape index (κ1) is 42.3. The van der Waals surface area contributed by atoms with Gasteiger partial charge < -0.3 is 23.4 Å². The first-order valence-corrected chi connectivity index (χ1v) is 22.4. The lowest BCUT2D eigenvalue weighted by Gasteiger charge is -2.44. The molecule has 9 heteroatoms. The number of carbonyl (C=O) groups is 2. The number of ether oxygens (including phenoxy) is 2. The lowest BCUT2D eigenvalue weighted by molar-refractivity contribution is -0.162. The minimum Gasteiger partial charge on any atom is -0.466 e. The molecule has 0 aliphatic heterocycles. The van der Waals surface area contributed by atoms with E-state index in [0.717, 1.165) is 25.7 Å². The summed E-state index contributed by atoms with van der Waals surface area (Å²) in [4.78, 5) is 24.4. The van der Waals surface area contributed by atoms with Crippen molar-refractivity contribution in [2.75, 3.05) is 13.2 Å². The molecule has 2 saturated carbocycles. The van der Waals surface area contributed by atoms with Gasteiger partial charge in [-0.2, -0.15) is 0 Å². The standard InChI is InChI=1S/C19H38O4Si.C17H34O3Si/c1-9-22-18(21)19(16(8)20)11-10-17(12-19)23-24(13(2)3,14(4)5)15(6)7;1-8-19-17(18)15-9-10-16(11-15)20-21(12(2)3,13(4)5)14(6)7/h13-17,20H,9-12H2,1-8H3;12-16H,8-11H2,1-7H3. The Morgan fingerprint density at radius 1 is 0.667 bits per heavy atom. The Morgan fingerprint density at radius 3 is 1.47 bits per heavy atom. The van der Waals surface area contributed by atoms with E-state index in [2.05, 4.69) is 83.1 Å². The Balaban J connectivity index is 0.000000454. The van der Waals surface area contributed by atoms with Crippen LogP contribution < -0.4 is 0 Å². The zero-order valence-electron chi connectivity index (χ0n) is 31.8. The van der Waals surface area contributed by atoms with E-state index in [4.69, 9.17) is 18.3 Å². The lowest BCUT2D eigenvalue weighted by Crippen LogP contribution is -2.50. The van der Waals surface area contributed by atoms with Crippen LogP contribution in [0.2, 0.25) is 33.2 Å². The fourth-order valence-electron chi connectivity index (χ4n) is 9.05. The normalized spacial score (nSPS) is 25.0. The zero-order valence-corrected chi connectivity index (χ0v) is 33.8. The molecule has 7 nitrogen and oxygen atoms in total. The molecule has 0 spiro atoms. The fourth-order valence-corrected chi connectivity index (χ4v) is 20.3. The van der Waals surface area contributed by atoms with Crippen LogP contribution in [0.3, 0.4) is 0 Å². The number of rotatable bonds is 15. The summed E-state index contributed by atoms with van der Waals surface area (Å²) in [6, 6.07) is 0. The van der Waals surface area contributed by atoms with Crippen LogP contribution in [0, 0.1) is 11.3 Å². The van der Waals surface area contributed by atoms with E-state index in [1.807, 2.05) is 13.8 Å². The topological polar surface area (TPSA) is 91.3 Å². The molecule has 2 aliphatic carbocycles. The van der Waals surface area contributed by atoms with Crippen molar-refractivity contribution in [2.24, 2.45) is 11.3 Å². The molecule has 0 heterocycles. The second kappa shape index (κ2) is 18.1. The van der Waals surface area contributed by atoms with Gasteiger partial charge in [-0.15, -0.1) is 0 Å². The monoisotopic (exact) mass is 672 g/mol. The molecule has 0 aromatic heterocycles. The molecule has 0 aromatic carbocycles. The first-order chi connectivity index (χ1) is 20.8. The minimum absolute atomic E-state index is 0.0329. The summed E-state index contributed by atoms with van der Waals surface area (Å²) in [5.41, 5.74) is 2.54. The van der Waals surface area contributed by atoms with Crippen molar-refractivity contribution in [1.29, 1.82) is 0 Å². The van der Waals surface area contributed by atoms with Gasteiger partial charge >= 0.3 is 11.9 Å². The summed E-state index contributed by atoms with van der Waals surface area (Å²) in [6.07, 6.45) is 4.40. The highest BCUT2D eigenvalue weighted by Crippen LogP contribution is 2.49. The van der Waals surface area contributed by atoms with Gasteiger partial charge in [-0.25, -0.2) is 0 Å². The van der Waals surface area contributed by atoms with E-state index in [-0.39, 0.29) is 30.1 Å². The number of esters is 2. The van der Waals surface area contributed by atoms with Gasteiger partial charge in [-0.3, -0.25) is 9.59 Å². The van der Waals surface area contributed by atoms with Crippen molar-refractivity contribution in [2.45, 2.75) is 194 Å². The average molecular weight is 673 g/mol. The predicted octanol–water partition coefficient (Wildman–Crippen LogP) is 9.57. The number of aliphatic hydroxyl groups is 1. The molecule has 0 bridgehead atoms. The highest BCUT2D eigenvalue weighted by molar-refractivity contribution is 6.78. The van der Waals surface area contributed by atoms with Crippen LogP contribution in [0.1, 0.15) is 142 Å².